The van der Waals surface area contributed by atoms with Gasteiger partial charge >= 0.3 is 13.1 Å². The monoisotopic (exact) mass is 445 g/mol. The number of likely N-dealkylation sites (N-methyl/N-ethyl adjacent to an activating group) is 1. The van der Waals surface area contributed by atoms with Crippen molar-refractivity contribution < 1.29 is 33.9 Å². The molecule has 3 aliphatic heterocycles. The molecule has 10 nitrogen and oxygen atoms in total. The number of nitrogens with zero attached hydrogens (tertiary/aromatic N) is 2. The minimum absolute atomic E-state index is 0.00459. The molecule has 4 rings (SSSR count). The number of carbonyl (C=O) groups is 3. The van der Waals surface area contributed by atoms with E-state index in [4.69, 9.17) is 9.39 Å². The predicted molar refractivity (Wildman–Crippen MR) is 115 cm³/mol. The molecule has 0 bridgehead atoms. The topological polar surface area (TPSA) is 129 Å². The number of fused-ring (bicyclic) bond motifs is 1. The molecule has 0 aromatic heterocycles. The van der Waals surface area contributed by atoms with Gasteiger partial charge < -0.3 is 34.6 Å². The molecule has 2 saturated heterocycles. The number of benzene rings is 1. The summed E-state index contributed by atoms with van der Waals surface area (Å²) in [5, 5.41) is 22.6. The Balaban J connectivity index is 1.31. The largest absolute Gasteiger partial charge is 0.535 e. The summed E-state index contributed by atoms with van der Waals surface area (Å²) < 4.78 is 11.2. The molecule has 3 N–H and O–H groups in total. The van der Waals surface area contributed by atoms with Crippen LogP contribution in [0.2, 0.25) is 6.32 Å². The van der Waals surface area contributed by atoms with Crippen molar-refractivity contribution in [2.24, 2.45) is 5.92 Å². The fourth-order valence-electron chi connectivity index (χ4n) is 4.45. The summed E-state index contributed by atoms with van der Waals surface area (Å²) >= 11 is 0. The highest BCUT2D eigenvalue weighted by Gasteiger charge is 2.38. The number of hydrogen-bond donors (Lipinski definition) is 3. The molecule has 1 aromatic rings. The van der Waals surface area contributed by atoms with Crippen molar-refractivity contribution in [2.75, 3.05) is 33.7 Å². The third kappa shape index (κ3) is 4.54. The van der Waals surface area contributed by atoms with E-state index in [2.05, 4.69) is 5.32 Å². The third-order valence-electron chi connectivity index (χ3n) is 6.25. The lowest BCUT2D eigenvalue weighted by Gasteiger charge is -2.39. The Hall–Kier alpha value is -2.79. The summed E-state index contributed by atoms with van der Waals surface area (Å²) in [6.45, 7) is 1.38. The standard InChI is InChI=1S/C21H28BN3O7/c1-24(2)20(27)15-7-12(9-23-15)8-17(26)25-10-14(11-25)31-16-4-3-13-5-6-22(30)32-19(13)18(16)21(28)29/h3-4,12,14-15,23,30H,5-11H2,1-2H3,(H,28,29)/t12-,15+/m0/s1. The van der Waals surface area contributed by atoms with Crippen LogP contribution < -0.4 is 14.7 Å². The zero-order valence-corrected chi connectivity index (χ0v) is 18.2. The van der Waals surface area contributed by atoms with Gasteiger partial charge in [-0.15, -0.1) is 0 Å². The molecular weight excluding hydrogens is 417 g/mol. The van der Waals surface area contributed by atoms with Crippen LogP contribution in [-0.4, -0.2) is 90.7 Å². The highest BCUT2D eigenvalue weighted by molar-refractivity contribution is 6.44. The van der Waals surface area contributed by atoms with Gasteiger partial charge in [0.2, 0.25) is 11.8 Å². The molecule has 3 heterocycles. The van der Waals surface area contributed by atoms with Crippen LogP contribution in [0.25, 0.3) is 0 Å². The van der Waals surface area contributed by atoms with Crippen LogP contribution in [0.3, 0.4) is 0 Å². The van der Waals surface area contributed by atoms with Crippen LogP contribution in [0.4, 0.5) is 0 Å². The van der Waals surface area contributed by atoms with E-state index in [9.17, 15) is 24.5 Å². The first kappa shape index (κ1) is 22.4. The lowest BCUT2D eigenvalue weighted by Crippen LogP contribution is -2.56. The van der Waals surface area contributed by atoms with Gasteiger partial charge in [0.05, 0.1) is 19.1 Å². The number of likely N-dealkylation sites (tertiary alicyclic amines) is 1. The highest BCUT2D eigenvalue weighted by atomic mass is 16.5. The Kier molecular flexibility index (Phi) is 6.30. The van der Waals surface area contributed by atoms with Gasteiger partial charge in [-0.3, -0.25) is 9.59 Å². The van der Waals surface area contributed by atoms with E-state index in [0.29, 0.717) is 45.2 Å². The maximum Gasteiger partial charge on any atom is 0.522 e. The van der Waals surface area contributed by atoms with Crippen LogP contribution in [-0.2, 0) is 16.0 Å². The second kappa shape index (κ2) is 8.99. The van der Waals surface area contributed by atoms with E-state index in [0.717, 1.165) is 5.56 Å². The minimum Gasteiger partial charge on any atom is -0.535 e. The molecule has 0 saturated carbocycles. The van der Waals surface area contributed by atoms with Crippen LogP contribution in [0.5, 0.6) is 11.5 Å². The van der Waals surface area contributed by atoms with E-state index in [-0.39, 0.29) is 46.9 Å². The number of ether oxygens (including phenoxy) is 1. The van der Waals surface area contributed by atoms with Crippen LogP contribution in [0.1, 0.15) is 28.8 Å². The first-order chi connectivity index (χ1) is 15.2. The van der Waals surface area contributed by atoms with Crippen LogP contribution >= 0.6 is 0 Å². The molecule has 11 heteroatoms. The number of hydrogen-bond acceptors (Lipinski definition) is 7. The minimum atomic E-state index is -1.19. The Labute approximate surface area is 186 Å². The molecule has 32 heavy (non-hydrogen) atoms. The Morgan fingerprint density at radius 2 is 2.06 bits per heavy atom. The van der Waals surface area contributed by atoms with Crippen molar-refractivity contribution in [1.29, 1.82) is 0 Å². The first-order valence-corrected chi connectivity index (χ1v) is 10.9. The van der Waals surface area contributed by atoms with Crippen molar-refractivity contribution in [1.82, 2.24) is 15.1 Å². The maximum atomic E-state index is 12.6. The van der Waals surface area contributed by atoms with Gasteiger partial charge in [0.1, 0.15) is 23.2 Å². The molecule has 0 spiro atoms. The van der Waals surface area contributed by atoms with Gasteiger partial charge in [-0.05, 0) is 43.3 Å². The number of carboxylic acids is 1. The van der Waals surface area contributed by atoms with Crippen LogP contribution in [0.15, 0.2) is 12.1 Å². The Morgan fingerprint density at radius 3 is 2.75 bits per heavy atom. The van der Waals surface area contributed by atoms with E-state index >= 15 is 0 Å². The molecule has 1 aromatic carbocycles. The van der Waals surface area contributed by atoms with Gasteiger partial charge in [0.25, 0.3) is 0 Å². The van der Waals surface area contributed by atoms with Crippen molar-refractivity contribution in [3.63, 3.8) is 0 Å². The van der Waals surface area contributed by atoms with Gasteiger partial charge in [-0.1, -0.05) is 6.07 Å². The summed E-state index contributed by atoms with van der Waals surface area (Å²) in [4.78, 5) is 39.7. The van der Waals surface area contributed by atoms with E-state index in [1.54, 1.807) is 36.0 Å². The molecule has 0 aliphatic carbocycles. The van der Waals surface area contributed by atoms with E-state index in [1.165, 1.54) is 0 Å². The van der Waals surface area contributed by atoms with Crippen molar-refractivity contribution >= 4 is 24.9 Å². The van der Waals surface area contributed by atoms with Gasteiger partial charge in [-0.25, -0.2) is 4.79 Å². The van der Waals surface area contributed by atoms with Gasteiger partial charge in [0, 0.05) is 20.5 Å². The average molecular weight is 445 g/mol. The second-order valence-electron chi connectivity index (χ2n) is 8.88. The number of carbonyl (C=O) groups excluding carboxylic acids is 2. The molecule has 2 amide bonds. The maximum absolute atomic E-state index is 12.6. The summed E-state index contributed by atoms with van der Waals surface area (Å²) in [6.07, 6.45) is 1.63. The molecule has 0 radical (unpaired) electrons. The Morgan fingerprint density at radius 1 is 1.31 bits per heavy atom. The number of carboxylic acid groups (broad SMARTS) is 1. The number of aromatic carboxylic acids is 1. The van der Waals surface area contributed by atoms with E-state index < -0.39 is 13.1 Å². The molecular formula is C21H28BN3O7. The SMILES string of the molecule is CN(C)C(=O)[C@H]1C[C@@H](CC(=O)N2CC(Oc3ccc4c(c3C(=O)O)OB(O)CC4)C2)CN1. The van der Waals surface area contributed by atoms with E-state index in [1.807, 2.05) is 0 Å². The lowest BCUT2D eigenvalue weighted by atomic mass is 9.78. The van der Waals surface area contributed by atoms with Crippen molar-refractivity contribution in [2.45, 2.75) is 37.7 Å². The smallest absolute Gasteiger partial charge is 0.522 e. The summed E-state index contributed by atoms with van der Waals surface area (Å²) in [6, 6.07) is 3.12. The van der Waals surface area contributed by atoms with Crippen molar-refractivity contribution in [3.8, 4) is 11.5 Å². The number of amides is 2. The molecule has 2 fully saturated rings. The summed E-state index contributed by atoms with van der Waals surface area (Å²) in [5.41, 5.74) is 0.626. The Bertz CT molecular complexity index is 919. The number of nitrogens with one attached hydrogen (secondary N) is 1. The van der Waals surface area contributed by atoms with Gasteiger partial charge in [-0.2, -0.15) is 0 Å². The molecule has 2 atom stereocenters. The highest BCUT2D eigenvalue weighted by Crippen LogP contribution is 2.37. The average Bonchev–Trinajstić information content (AvgIpc) is 3.16. The van der Waals surface area contributed by atoms with Crippen LogP contribution in [0, 0.1) is 5.92 Å². The first-order valence-electron chi connectivity index (χ1n) is 10.9. The zero-order chi connectivity index (χ0) is 23.0. The third-order valence-corrected chi connectivity index (χ3v) is 6.25. The molecule has 3 aliphatic rings. The fraction of sp³-hybridized carbons (Fsp3) is 0.571. The summed E-state index contributed by atoms with van der Waals surface area (Å²) in [5.74, 6) is -0.727. The number of rotatable bonds is 6. The summed E-state index contributed by atoms with van der Waals surface area (Å²) in [7, 11) is 2.40. The normalized spacial score (nSPS) is 22.6. The van der Waals surface area contributed by atoms with Gasteiger partial charge in [0.15, 0.2) is 0 Å². The lowest BCUT2D eigenvalue weighted by molar-refractivity contribution is -0.141. The zero-order valence-electron chi connectivity index (χ0n) is 18.2. The quantitative estimate of drug-likeness (QED) is 0.516. The predicted octanol–water partition coefficient (Wildman–Crippen LogP) is -0.154. The molecule has 0 unspecified atom stereocenters. The fourth-order valence-corrected chi connectivity index (χ4v) is 4.45. The van der Waals surface area contributed by atoms with Crippen molar-refractivity contribution in [3.05, 3.63) is 23.3 Å². The second-order valence-corrected chi connectivity index (χ2v) is 8.88. The molecule has 172 valence electrons. The number of aryl methyl sites for hydroxylation is 1.